The molecule has 0 rings (SSSR count). The predicted octanol–water partition coefficient (Wildman–Crippen LogP) is -3.94. The fourth-order valence-corrected chi connectivity index (χ4v) is 0. The molecule has 0 fully saturated rings. The van der Waals surface area contributed by atoms with E-state index in [0.717, 1.165) is 0 Å². The van der Waals surface area contributed by atoms with E-state index in [9.17, 15) is 0 Å². The van der Waals surface area contributed by atoms with Gasteiger partial charge in [0.1, 0.15) is 0 Å². The molecular formula is H2BNaO2. The first-order chi connectivity index (χ1) is 1.41. The monoisotopic (exact) mass is 68.0 g/mol. The van der Waals surface area contributed by atoms with Crippen LogP contribution in [0.4, 0.5) is 0 Å². The average Bonchev–Trinajstić information content (AvgIpc) is 0.918. The van der Waals surface area contributed by atoms with Gasteiger partial charge in [0, 0.05) is 0 Å². The van der Waals surface area contributed by atoms with E-state index in [0.29, 0.717) is 0 Å². The molecule has 0 aliphatic rings. The Hall–Kier alpha value is 0.665. The third-order valence-corrected chi connectivity index (χ3v) is 0. The van der Waals surface area contributed by atoms with E-state index in [2.05, 4.69) is 0 Å². The Bertz CT molecular complexity index is 17.1. The molecule has 0 heterocycles. The molecule has 0 aliphatic carbocycles. The zero-order valence-corrected chi connectivity index (χ0v) is 4.43. The molecule has 0 radical (unpaired) electrons. The smallest absolute Gasteiger partial charge is 1.00 e. The van der Waals surface area contributed by atoms with Crippen molar-refractivity contribution in [2.24, 2.45) is 0 Å². The number of rotatable bonds is 0. The second-order valence-electron chi connectivity index (χ2n) is 0.105. The first-order valence-corrected chi connectivity index (χ1v) is 0.494. The average molecular weight is 67.8 g/mol. The van der Waals surface area contributed by atoms with Gasteiger partial charge in [-0.3, -0.25) is 0 Å². The summed E-state index contributed by atoms with van der Waals surface area (Å²) in [5.74, 6) is 0. The summed E-state index contributed by atoms with van der Waals surface area (Å²) in [5.41, 5.74) is 0. The molecule has 18 valence electrons. The van der Waals surface area contributed by atoms with E-state index in [4.69, 9.17) is 9.73 Å². The van der Waals surface area contributed by atoms with Crippen molar-refractivity contribution in [3.8, 4) is 0 Å². The molecule has 0 saturated heterocycles. The van der Waals surface area contributed by atoms with Gasteiger partial charge in [-0.25, -0.2) is 0 Å². The Balaban J connectivity index is -0.0000000200. The first-order valence-electron chi connectivity index (χ1n) is 0.494. The van der Waals surface area contributed by atoms with Crippen LogP contribution in [0.2, 0.25) is 0 Å². The largest absolute Gasteiger partial charge is 1.00 e. The summed E-state index contributed by atoms with van der Waals surface area (Å²) in [7, 11) is -0.250. The van der Waals surface area contributed by atoms with Gasteiger partial charge in [-0.05, 0) is 0 Å². The topological polar surface area (TPSA) is 37.3 Å². The van der Waals surface area contributed by atoms with Crippen LogP contribution in [-0.2, 0) is 4.70 Å². The number of hydrogen-bond acceptors (Lipinski definition) is 1. The molecule has 0 saturated carbocycles. The maximum Gasteiger partial charge on any atom is 1.00 e. The van der Waals surface area contributed by atoms with Crippen LogP contribution in [0.25, 0.3) is 0 Å². The number of hydrogen-bond donors (Lipinski definition) is 1. The summed E-state index contributed by atoms with van der Waals surface area (Å²) in [6.07, 6.45) is 0. The summed E-state index contributed by atoms with van der Waals surface area (Å²) < 4.78 is 8.36. The van der Waals surface area contributed by atoms with E-state index in [1.165, 1.54) is 0 Å². The zero-order valence-electron chi connectivity index (χ0n) is 3.43. The standard InChI is InChI=1S/BHO2.Na.H/c2-1-3;;/h2H;;/q;+1;-1. The van der Waals surface area contributed by atoms with Gasteiger partial charge in [-0.2, -0.15) is 0 Å². The van der Waals surface area contributed by atoms with Gasteiger partial charge in [0.25, 0.3) is 0 Å². The fraction of sp³-hybridized carbons (Fsp3) is 0. The van der Waals surface area contributed by atoms with Crippen LogP contribution in [0, 0.1) is 0 Å². The molecule has 2 nitrogen and oxygen atoms in total. The van der Waals surface area contributed by atoms with E-state index >= 15 is 0 Å². The van der Waals surface area contributed by atoms with E-state index in [-0.39, 0.29) is 38.3 Å². The van der Waals surface area contributed by atoms with Crippen molar-refractivity contribution in [2.45, 2.75) is 0 Å². The quantitative estimate of drug-likeness (QED) is 0.294. The summed E-state index contributed by atoms with van der Waals surface area (Å²) in [4.78, 5) is 0. The van der Waals surface area contributed by atoms with Crippen molar-refractivity contribution in [1.82, 2.24) is 0 Å². The summed E-state index contributed by atoms with van der Waals surface area (Å²) in [5, 5.41) is 6.89. The minimum Gasteiger partial charge on any atom is -1.00 e. The third kappa shape index (κ3) is 16.7. The van der Waals surface area contributed by atoms with Crippen LogP contribution in [0.15, 0.2) is 0 Å². The maximum atomic E-state index is 8.36. The van der Waals surface area contributed by atoms with Gasteiger partial charge in [-0.1, -0.05) is 0 Å². The SMILES string of the molecule is O=BO.[H-].[Na+]. The molecule has 4 heteroatoms. The van der Waals surface area contributed by atoms with Crippen molar-refractivity contribution in [2.75, 3.05) is 0 Å². The summed E-state index contributed by atoms with van der Waals surface area (Å²) in [6, 6.07) is 0. The molecular weight excluding hydrogens is 65.8 g/mol. The molecule has 0 aromatic rings. The molecule has 0 aliphatic heterocycles. The summed E-state index contributed by atoms with van der Waals surface area (Å²) >= 11 is 0. The molecule has 0 bridgehead atoms. The first kappa shape index (κ1) is 8.82. The van der Waals surface area contributed by atoms with Crippen molar-refractivity contribution in [3.05, 3.63) is 0 Å². The van der Waals surface area contributed by atoms with Crippen LogP contribution in [0.5, 0.6) is 0 Å². The zero-order chi connectivity index (χ0) is 2.71. The summed E-state index contributed by atoms with van der Waals surface area (Å²) in [6.45, 7) is 0. The van der Waals surface area contributed by atoms with Crippen LogP contribution in [-0.4, -0.2) is 12.4 Å². The van der Waals surface area contributed by atoms with E-state index in [1.54, 1.807) is 0 Å². The van der Waals surface area contributed by atoms with Gasteiger partial charge in [0.15, 0.2) is 0 Å². The second kappa shape index (κ2) is 9.39. The van der Waals surface area contributed by atoms with Crippen LogP contribution in [0.1, 0.15) is 1.43 Å². The molecule has 4 heavy (non-hydrogen) atoms. The minimum absolute atomic E-state index is 0. The minimum atomic E-state index is -0.250. The van der Waals surface area contributed by atoms with Crippen molar-refractivity contribution in [3.63, 3.8) is 0 Å². The normalized spacial score (nSPS) is 2.00. The van der Waals surface area contributed by atoms with E-state index < -0.39 is 0 Å². The Kier molecular flexibility index (Phi) is 20.7. The molecule has 0 atom stereocenters. The van der Waals surface area contributed by atoms with Crippen LogP contribution in [0.3, 0.4) is 0 Å². The Morgan fingerprint density at radius 1 is 2.00 bits per heavy atom. The molecule has 0 aromatic heterocycles. The van der Waals surface area contributed by atoms with Gasteiger partial charge in [0.05, 0.1) is 0 Å². The molecule has 0 unspecified atom stereocenters. The van der Waals surface area contributed by atoms with Gasteiger partial charge in [-0.15, -0.1) is 0 Å². The fourth-order valence-electron chi connectivity index (χ4n) is 0. The van der Waals surface area contributed by atoms with Crippen LogP contribution < -0.4 is 29.6 Å². The van der Waals surface area contributed by atoms with Crippen LogP contribution >= 0.6 is 0 Å². The molecule has 0 aromatic carbocycles. The molecule has 0 amide bonds. The molecule has 1 N–H and O–H groups in total. The molecule has 0 spiro atoms. The van der Waals surface area contributed by atoms with Crippen molar-refractivity contribution in [1.29, 1.82) is 0 Å². The van der Waals surface area contributed by atoms with Gasteiger partial charge in [0.2, 0.25) is 0 Å². The van der Waals surface area contributed by atoms with Gasteiger partial charge >= 0.3 is 46.6 Å². The second-order valence-corrected chi connectivity index (χ2v) is 0.105. The Morgan fingerprint density at radius 3 is 2.00 bits per heavy atom. The Morgan fingerprint density at radius 2 is 2.00 bits per heavy atom. The maximum absolute atomic E-state index is 8.36. The third-order valence-electron chi connectivity index (χ3n) is 0. The predicted molar refractivity (Wildman–Crippen MR) is 9.77 cm³/mol. The van der Waals surface area contributed by atoms with Crippen molar-refractivity contribution >= 4 is 7.35 Å². The Labute approximate surface area is 48.3 Å². The van der Waals surface area contributed by atoms with E-state index in [1.807, 2.05) is 0 Å². The van der Waals surface area contributed by atoms with Gasteiger partial charge < -0.3 is 1.43 Å². The van der Waals surface area contributed by atoms with Crippen molar-refractivity contribution < 1.29 is 40.7 Å².